The Morgan fingerprint density at radius 3 is 1.67 bits per heavy atom. The van der Waals surface area contributed by atoms with E-state index in [0.29, 0.717) is 30.6 Å². The number of para-hydroxylation sites is 6. The van der Waals surface area contributed by atoms with E-state index in [0.717, 1.165) is 24.0 Å². The van der Waals surface area contributed by atoms with Crippen LogP contribution in [0.5, 0.6) is 0 Å². The quantitative estimate of drug-likeness (QED) is 0.149. The van der Waals surface area contributed by atoms with Crippen molar-refractivity contribution in [3.05, 3.63) is 169 Å². The van der Waals surface area contributed by atoms with Crippen molar-refractivity contribution in [3.63, 3.8) is 0 Å². The molecular weight excluding hydrogens is 741 g/mol. The zero-order valence-corrected chi connectivity index (χ0v) is 34.2. The molecular formula is C51H46N8O. The zero-order valence-electron chi connectivity index (χ0n) is 34.2. The average molecular weight is 787 g/mol. The first-order valence-corrected chi connectivity index (χ1v) is 21.2. The van der Waals surface area contributed by atoms with Gasteiger partial charge >= 0.3 is 0 Å². The Balaban J connectivity index is 0.0000000987. The molecule has 7 aromatic rings. The molecule has 6 aromatic carbocycles. The highest BCUT2D eigenvalue weighted by Crippen LogP contribution is 2.65. The summed E-state index contributed by atoms with van der Waals surface area (Å²) in [5.74, 6) is 0.422. The normalized spacial score (nSPS) is 23.3. The highest BCUT2D eigenvalue weighted by molar-refractivity contribution is 6.10. The second-order valence-electron chi connectivity index (χ2n) is 17.3. The largest absolute Gasteiger partial charge is 0.454 e. The van der Waals surface area contributed by atoms with Crippen molar-refractivity contribution in [2.45, 2.75) is 43.4 Å². The summed E-state index contributed by atoms with van der Waals surface area (Å²) in [5.41, 5.74) is 17.0. The number of benzene rings is 6. The summed E-state index contributed by atoms with van der Waals surface area (Å²) < 4.78 is 6.14. The number of nitrogens with zero attached hydrogens (tertiary/aromatic N) is 8. The summed E-state index contributed by atoms with van der Waals surface area (Å²) in [5, 5.41) is 2.41. The van der Waals surface area contributed by atoms with E-state index in [2.05, 4.69) is 207 Å². The van der Waals surface area contributed by atoms with Gasteiger partial charge in [-0.3, -0.25) is 0 Å². The van der Waals surface area contributed by atoms with Crippen LogP contribution in [0.3, 0.4) is 0 Å². The fourth-order valence-electron chi connectivity index (χ4n) is 11.6. The predicted octanol–water partition coefficient (Wildman–Crippen LogP) is 10.1. The number of hydrogen-bond donors (Lipinski definition) is 0. The predicted molar refractivity (Wildman–Crippen MR) is 245 cm³/mol. The molecule has 0 fully saturated rings. The van der Waals surface area contributed by atoms with Crippen LogP contribution in [0.1, 0.15) is 22.6 Å². The number of likely N-dealkylation sites (N-methyl/N-ethyl adjacent to an activating group) is 4. The molecule has 1 aromatic heterocycles. The summed E-state index contributed by atoms with van der Waals surface area (Å²) in [4.78, 5) is 19.3. The Morgan fingerprint density at radius 1 is 0.450 bits per heavy atom. The van der Waals surface area contributed by atoms with Crippen molar-refractivity contribution < 1.29 is 4.42 Å². The lowest BCUT2D eigenvalue weighted by molar-refractivity contribution is 0.369. The van der Waals surface area contributed by atoms with Crippen LogP contribution < -0.4 is 29.4 Å². The summed E-state index contributed by atoms with van der Waals surface area (Å²) in [6, 6.07) is 45.8. The van der Waals surface area contributed by atoms with Crippen LogP contribution in [-0.2, 0) is 12.8 Å². The Morgan fingerprint density at radius 2 is 0.983 bits per heavy atom. The van der Waals surface area contributed by atoms with Crippen molar-refractivity contribution in [1.82, 2.24) is 9.80 Å². The maximum absolute atomic E-state index is 6.14. The van der Waals surface area contributed by atoms with Gasteiger partial charge in [-0.2, -0.15) is 0 Å². The van der Waals surface area contributed by atoms with Crippen molar-refractivity contribution in [3.8, 4) is 0 Å². The lowest BCUT2D eigenvalue weighted by Crippen LogP contribution is -2.49. The van der Waals surface area contributed by atoms with Gasteiger partial charge < -0.3 is 43.6 Å². The van der Waals surface area contributed by atoms with Gasteiger partial charge in [0.15, 0.2) is 5.58 Å². The first kappa shape index (κ1) is 33.9. The Kier molecular flexibility index (Phi) is 6.94. The number of furan rings is 1. The molecule has 8 aliphatic rings. The van der Waals surface area contributed by atoms with E-state index in [1.807, 2.05) is 12.1 Å². The van der Waals surface area contributed by atoms with Crippen LogP contribution in [0.4, 0.5) is 45.5 Å². The summed E-state index contributed by atoms with van der Waals surface area (Å²) in [6.07, 6.45) is 12.4. The molecule has 0 N–H and O–H groups in total. The third-order valence-corrected chi connectivity index (χ3v) is 14.4. The third kappa shape index (κ3) is 4.41. The highest BCUT2D eigenvalue weighted by Gasteiger charge is 2.59. The van der Waals surface area contributed by atoms with E-state index in [-0.39, 0.29) is 0 Å². The molecule has 0 amide bonds. The number of hydrogen-bond acceptors (Lipinski definition) is 9. The molecule has 0 spiro atoms. The Hall–Kier alpha value is -7.00. The smallest absolute Gasteiger partial charge is 0.159 e. The van der Waals surface area contributed by atoms with Gasteiger partial charge in [0.2, 0.25) is 0 Å². The third-order valence-electron chi connectivity index (χ3n) is 14.4. The molecule has 0 bridgehead atoms. The van der Waals surface area contributed by atoms with E-state index in [1.54, 1.807) is 0 Å². The molecule has 296 valence electrons. The molecule has 9 heterocycles. The second kappa shape index (κ2) is 12.3. The Labute approximate surface area is 350 Å². The summed E-state index contributed by atoms with van der Waals surface area (Å²) >= 11 is 0. The van der Waals surface area contributed by atoms with Gasteiger partial charge in [-0.1, -0.05) is 78.9 Å². The molecule has 9 heteroatoms. The minimum Gasteiger partial charge on any atom is -0.454 e. The molecule has 0 saturated carbocycles. The summed E-state index contributed by atoms with van der Waals surface area (Å²) in [6.45, 7) is 0. The topological polar surface area (TPSA) is 39.1 Å². The van der Waals surface area contributed by atoms with Crippen molar-refractivity contribution in [2.24, 2.45) is 0 Å². The molecule has 4 atom stereocenters. The first-order chi connectivity index (χ1) is 29.5. The molecule has 0 radical (unpaired) electrons. The second-order valence-corrected chi connectivity index (χ2v) is 17.3. The summed E-state index contributed by atoms with van der Waals surface area (Å²) in [7, 11) is 8.76. The molecule has 15 rings (SSSR count). The molecule has 0 saturated heterocycles. The highest BCUT2D eigenvalue weighted by atomic mass is 16.3. The van der Waals surface area contributed by atoms with Crippen molar-refractivity contribution in [1.29, 1.82) is 0 Å². The fourth-order valence-corrected chi connectivity index (χ4v) is 11.6. The van der Waals surface area contributed by atoms with Crippen LogP contribution in [0, 0.1) is 0 Å². The SMILES string of the molecule is CN1C=CN2c3c(ccc4c3oc3ccccc34)CC12.CN1C=CN2c3ccccc3CC12.CN1c2ccccc2N2c3cccc4c3C(C12)C1N(C)c2ccccc2N41. The van der Waals surface area contributed by atoms with E-state index in [1.165, 1.54) is 73.0 Å². The van der Waals surface area contributed by atoms with Crippen LogP contribution in [0.2, 0.25) is 0 Å². The monoisotopic (exact) mass is 786 g/mol. The maximum Gasteiger partial charge on any atom is 0.159 e. The molecule has 4 unspecified atom stereocenters. The van der Waals surface area contributed by atoms with E-state index < -0.39 is 0 Å². The van der Waals surface area contributed by atoms with Crippen LogP contribution >= 0.6 is 0 Å². The number of rotatable bonds is 0. The number of anilines is 8. The van der Waals surface area contributed by atoms with Crippen LogP contribution in [-0.4, -0.2) is 62.7 Å². The van der Waals surface area contributed by atoms with Crippen LogP contribution in [0.15, 0.2) is 157 Å². The molecule has 8 aliphatic heterocycles. The van der Waals surface area contributed by atoms with Crippen molar-refractivity contribution in [2.75, 3.05) is 57.6 Å². The van der Waals surface area contributed by atoms with E-state index in [4.69, 9.17) is 4.42 Å². The fraction of sp³-hybridized carbons (Fsp3) is 0.216. The van der Waals surface area contributed by atoms with Gasteiger partial charge in [0.25, 0.3) is 0 Å². The van der Waals surface area contributed by atoms with E-state index in [9.17, 15) is 0 Å². The minimum atomic E-state index is 0.324. The molecule has 0 aliphatic carbocycles. The van der Waals surface area contributed by atoms with Crippen LogP contribution in [0.25, 0.3) is 21.9 Å². The number of fused-ring (bicyclic) bond motifs is 20. The van der Waals surface area contributed by atoms with Gasteiger partial charge in [-0.15, -0.1) is 0 Å². The maximum atomic E-state index is 6.14. The molecule has 60 heavy (non-hydrogen) atoms. The van der Waals surface area contributed by atoms with Gasteiger partial charge in [0.05, 0.1) is 34.4 Å². The lowest BCUT2D eigenvalue weighted by atomic mass is 9.97. The standard InChI is InChI=1S/C23H20N4.C17H14N2O.C11H12N2/c1-24-14-8-3-5-10-16(14)26-18-12-7-13-19-20(18)21(22(24)26)23-25(2)15-9-4-6-11-17(15)27(19)23;1-18-8-9-19-15(18)10-11-6-7-13-12-4-2-3-5-14(12)20-17(13)16(11)19;1-12-6-7-13-10-5-3-2-4-9(10)8-11(12)13/h3-13,21-23H,1-2H3;2-9,15H,10H2,1H3;2-7,11H,8H2,1H3. The Bertz CT molecular complexity index is 2890. The lowest BCUT2D eigenvalue weighted by Gasteiger charge is -2.36. The average Bonchev–Trinajstić information content (AvgIpc) is 4.16. The minimum absolute atomic E-state index is 0.324. The molecule has 9 nitrogen and oxygen atoms in total. The van der Waals surface area contributed by atoms with Gasteiger partial charge in [-0.25, -0.2) is 0 Å². The van der Waals surface area contributed by atoms with E-state index >= 15 is 0 Å². The first-order valence-electron chi connectivity index (χ1n) is 21.2. The van der Waals surface area contributed by atoms with Gasteiger partial charge in [0.1, 0.15) is 30.2 Å². The zero-order chi connectivity index (χ0) is 40.0. The van der Waals surface area contributed by atoms with Gasteiger partial charge in [0, 0.05) is 99.2 Å². The van der Waals surface area contributed by atoms with Gasteiger partial charge in [-0.05, 0) is 59.7 Å². The van der Waals surface area contributed by atoms with Crippen molar-refractivity contribution >= 4 is 67.4 Å².